The highest BCUT2D eigenvalue weighted by Gasteiger charge is 2.20. The first-order chi connectivity index (χ1) is 36.0. The summed E-state index contributed by atoms with van der Waals surface area (Å²) in [6.07, 6.45) is 78.7. The second-order valence-electron chi connectivity index (χ2n) is 22.4. The van der Waals surface area contributed by atoms with Crippen molar-refractivity contribution in [1.82, 2.24) is 5.32 Å². The fraction of sp³-hybridized carbons (Fsp3) is 0.881. The van der Waals surface area contributed by atoms with E-state index in [1.807, 2.05) is 0 Å². The fourth-order valence-electron chi connectivity index (χ4n) is 10.1. The predicted octanol–water partition coefficient (Wildman–Crippen LogP) is 20.8. The van der Waals surface area contributed by atoms with E-state index in [1.165, 1.54) is 257 Å². The molecule has 6 nitrogen and oxygen atoms in total. The van der Waals surface area contributed by atoms with Crippen LogP contribution in [0.3, 0.4) is 0 Å². The predicted molar refractivity (Wildman–Crippen MR) is 319 cm³/mol. The lowest BCUT2D eigenvalue weighted by atomic mass is 10.0. The molecule has 0 aliphatic heterocycles. The van der Waals surface area contributed by atoms with Gasteiger partial charge in [0.05, 0.1) is 25.4 Å². The molecule has 3 N–H and O–H groups in total. The van der Waals surface area contributed by atoms with E-state index in [0.717, 1.165) is 64.2 Å². The Balaban J connectivity index is 3.46. The molecule has 2 unspecified atom stereocenters. The van der Waals surface area contributed by atoms with Crippen molar-refractivity contribution in [3.63, 3.8) is 0 Å². The van der Waals surface area contributed by atoms with Gasteiger partial charge < -0.3 is 20.3 Å². The van der Waals surface area contributed by atoms with Crippen molar-refractivity contribution in [3.8, 4) is 0 Å². The maximum Gasteiger partial charge on any atom is 0.305 e. The molecule has 0 saturated heterocycles. The summed E-state index contributed by atoms with van der Waals surface area (Å²) < 4.78 is 5.47. The molecule has 0 aliphatic carbocycles. The monoisotopic (exact) mass is 1030 g/mol. The highest BCUT2D eigenvalue weighted by molar-refractivity contribution is 5.76. The van der Waals surface area contributed by atoms with E-state index in [9.17, 15) is 19.8 Å². The molecule has 73 heavy (non-hydrogen) atoms. The Morgan fingerprint density at radius 1 is 0.384 bits per heavy atom. The molecule has 1 amide bonds. The smallest absolute Gasteiger partial charge is 0.305 e. The molecule has 0 aromatic heterocycles. The van der Waals surface area contributed by atoms with Gasteiger partial charge in [-0.2, -0.15) is 0 Å². The summed E-state index contributed by atoms with van der Waals surface area (Å²) in [4.78, 5) is 24.6. The first-order valence-corrected chi connectivity index (χ1v) is 32.7. The van der Waals surface area contributed by atoms with Crippen molar-refractivity contribution < 1.29 is 24.5 Å². The molecule has 0 aromatic carbocycles. The molecule has 0 aliphatic rings. The average molecular weight is 1030 g/mol. The lowest BCUT2D eigenvalue weighted by Crippen LogP contribution is -2.45. The van der Waals surface area contributed by atoms with Crippen LogP contribution >= 0.6 is 0 Å². The minimum atomic E-state index is -0.675. The summed E-state index contributed by atoms with van der Waals surface area (Å²) in [6.45, 7) is 4.92. The van der Waals surface area contributed by atoms with Gasteiger partial charge in [0.1, 0.15) is 0 Å². The molecule has 0 aromatic rings. The van der Waals surface area contributed by atoms with Gasteiger partial charge in [0.15, 0.2) is 0 Å². The van der Waals surface area contributed by atoms with Crippen molar-refractivity contribution >= 4 is 11.9 Å². The number of amides is 1. The average Bonchev–Trinajstić information content (AvgIpc) is 3.39. The van der Waals surface area contributed by atoms with E-state index >= 15 is 0 Å². The van der Waals surface area contributed by atoms with Crippen LogP contribution < -0.4 is 5.32 Å². The largest absolute Gasteiger partial charge is 0.466 e. The van der Waals surface area contributed by atoms with E-state index in [-0.39, 0.29) is 18.5 Å². The summed E-state index contributed by atoms with van der Waals surface area (Å²) in [5.74, 6) is -0.0593. The standard InChI is InChI=1S/C67H127NO5/c1-3-5-7-9-11-13-15-17-19-20-21-22-23-24-25-26-28-32-35-39-43-47-51-55-59-65(70)64(63-69)68-66(71)60-56-52-48-44-40-36-33-29-27-30-34-38-42-46-50-54-58-62-73-67(72)61-57-53-49-45-41-37-31-18-16-14-12-10-8-6-4-2/h12,14,18,27,30-31,64-65,69-70H,3-11,13,15-17,19-26,28-29,32-63H2,1-2H3,(H,68,71)/b14-12-,30-27-,31-18-. The number of carbonyl (C=O) groups is 2. The second kappa shape index (κ2) is 62.6. The second-order valence-corrected chi connectivity index (χ2v) is 22.4. The molecule has 430 valence electrons. The highest BCUT2D eigenvalue weighted by atomic mass is 16.5. The van der Waals surface area contributed by atoms with Crippen LogP contribution in [0.15, 0.2) is 36.5 Å². The van der Waals surface area contributed by atoms with E-state index in [4.69, 9.17) is 4.74 Å². The van der Waals surface area contributed by atoms with Crippen LogP contribution in [0.2, 0.25) is 0 Å². The maximum absolute atomic E-state index is 12.5. The number of ether oxygens (including phenoxy) is 1. The Morgan fingerprint density at radius 3 is 1.08 bits per heavy atom. The Morgan fingerprint density at radius 2 is 0.685 bits per heavy atom. The van der Waals surface area contributed by atoms with Gasteiger partial charge in [0.25, 0.3) is 0 Å². The lowest BCUT2D eigenvalue weighted by Gasteiger charge is -2.22. The number of rotatable bonds is 61. The number of carbonyl (C=O) groups excluding carboxylic acids is 2. The van der Waals surface area contributed by atoms with Gasteiger partial charge in [-0.1, -0.05) is 294 Å². The Labute approximate surface area is 455 Å². The minimum absolute atomic E-state index is 0.0152. The van der Waals surface area contributed by atoms with Crippen LogP contribution in [0.1, 0.15) is 354 Å². The van der Waals surface area contributed by atoms with Crippen LogP contribution in [0, 0.1) is 0 Å². The first-order valence-electron chi connectivity index (χ1n) is 32.7. The Hall–Kier alpha value is -1.92. The van der Waals surface area contributed by atoms with E-state index < -0.39 is 12.1 Å². The number of allylic oxidation sites excluding steroid dienone is 6. The number of aliphatic hydroxyl groups is 2. The highest BCUT2D eigenvalue weighted by Crippen LogP contribution is 2.18. The molecular weight excluding hydrogens is 899 g/mol. The zero-order chi connectivity index (χ0) is 52.9. The molecule has 0 fully saturated rings. The van der Waals surface area contributed by atoms with Crippen LogP contribution in [0.5, 0.6) is 0 Å². The number of hydrogen-bond acceptors (Lipinski definition) is 5. The van der Waals surface area contributed by atoms with Gasteiger partial charge in [0, 0.05) is 12.8 Å². The molecule has 0 radical (unpaired) electrons. The molecule has 6 heteroatoms. The summed E-state index contributed by atoms with van der Waals surface area (Å²) in [6, 6.07) is -0.553. The van der Waals surface area contributed by atoms with Gasteiger partial charge in [-0.05, 0) is 83.5 Å². The third-order valence-electron chi connectivity index (χ3n) is 15.2. The lowest BCUT2D eigenvalue weighted by molar-refractivity contribution is -0.143. The Kier molecular flexibility index (Phi) is 61.0. The summed E-state index contributed by atoms with van der Waals surface area (Å²) in [5.41, 5.74) is 0. The number of esters is 1. The summed E-state index contributed by atoms with van der Waals surface area (Å²) in [7, 11) is 0. The summed E-state index contributed by atoms with van der Waals surface area (Å²) in [5, 5.41) is 23.4. The number of nitrogens with one attached hydrogen (secondary N) is 1. The van der Waals surface area contributed by atoms with Gasteiger partial charge >= 0.3 is 5.97 Å². The zero-order valence-corrected chi connectivity index (χ0v) is 49.1. The van der Waals surface area contributed by atoms with Crippen LogP contribution in [-0.2, 0) is 14.3 Å². The van der Waals surface area contributed by atoms with E-state index in [2.05, 4.69) is 55.6 Å². The summed E-state index contributed by atoms with van der Waals surface area (Å²) >= 11 is 0. The van der Waals surface area contributed by atoms with Gasteiger partial charge in [-0.25, -0.2) is 0 Å². The molecular formula is C67H127NO5. The third-order valence-corrected chi connectivity index (χ3v) is 15.2. The molecule has 2 atom stereocenters. The van der Waals surface area contributed by atoms with Gasteiger partial charge in [-0.15, -0.1) is 0 Å². The topological polar surface area (TPSA) is 95.9 Å². The molecule has 0 bridgehead atoms. The van der Waals surface area contributed by atoms with Crippen molar-refractivity contribution in [2.24, 2.45) is 0 Å². The number of hydrogen-bond donors (Lipinski definition) is 3. The number of aliphatic hydroxyl groups excluding tert-OH is 2. The molecule has 0 spiro atoms. The van der Waals surface area contributed by atoms with E-state index in [1.54, 1.807) is 0 Å². The maximum atomic E-state index is 12.5. The molecule has 0 heterocycles. The van der Waals surface area contributed by atoms with Crippen LogP contribution in [0.4, 0.5) is 0 Å². The molecule has 0 rings (SSSR count). The quantitative estimate of drug-likeness (QED) is 0.0320. The van der Waals surface area contributed by atoms with Crippen molar-refractivity contribution in [2.75, 3.05) is 13.2 Å². The van der Waals surface area contributed by atoms with E-state index in [0.29, 0.717) is 25.9 Å². The van der Waals surface area contributed by atoms with Gasteiger partial charge in [-0.3, -0.25) is 9.59 Å². The minimum Gasteiger partial charge on any atom is -0.466 e. The first kappa shape index (κ1) is 71.1. The molecule has 0 saturated carbocycles. The SMILES string of the molecule is CCCCC/C=C\C/C=C\CCCCCCCC(=O)OCCCCCCCC/C=C\CCCCCCCCCC(=O)NC(CO)C(O)CCCCCCCCCCCCCCCCCCCCCCCCCC. The fourth-order valence-corrected chi connectivity index (χ4v) is 10.1. The normalized spacial score (nSPS) is 12.8. The van der Waals surface area contributed by atoms with Crippen LogP contribution in [-0.4, -0.2) is 47.4 Å². The Bertz CT molecular complexity index is 1180. The van der Waals surface area contributed by atoms with Crippen molar-refractivity contribution in [3.05, 3.63) is 36.5 Å². The van der Waals surface area contributed by atoms with Crippen molar-refractivity contribution in [2.45, 2.75) is 366 Å². The third kappa shape index (κ3) is 59.2. The zero-order valence-electron chi connectivity index (χ0n) is 49.1. The van der Waals surface area contributed by atoms with Gasteiger partial charge in [0.2, 0.25) is 5.91 Å². The van der Waals surface area contributed by atoms with Crippen molar-refractivity contribution in [1.29, 1.82) is 0 Å². The van der Waals surface area contributed by atoms with Crippen LogP contribution in [0.25, 0.3) is 0 Å². The number of unbranched alkanes of at least 4 members (excludes halogenated alkanes) is 44.